The van der Waals surface area contributed by atoms with Gasteiger partial charge in [0.2, 0.25) is 0 Å². The van der Waals surface area contributed by atoms with Crippen molar-refractivity contribution in [1.29, 1.82) is 0 Å². The van der Waals surface area contributed by atoms with Gasteiger partial charge in [0.15, 0.2) is 0 Å². The molecule has 4 nitrogen and oxygen atoms in total. The average molecular weight is 285 g/mol. The Kier molecular flexibility index (Phi) is 6.46. The lowest BCUT2D eigenvalue weighted by Crippen LogP contribution is -2.39. The van der Waals surface area contributed by atoms with Gasteiger partial charge in [-0.05, 0) is 38.6 Å². The summed E-state index contributed by atoms with van der Waals surface area (Å²) in [5, 5.41) is 0. The predicted octanol–water partition coefficient (Wildman–Crippen LogP) is 2.71. The Balaban J connectivity index is 2.16. The van der Waals surface area contributed by atoms with E-state index < -0.39 is 5.41 Å². The molecule has 1 aliphatic rings. The number of morpholine rings is 1. The minimum absolute atomic E-state index is 0.0854. The second kappa shape index (κ2) is 7.41. The molecule has 20 heavy (non-hydrogen) atoms. The molecule has 4 heteroatoms. The summed E-state index contributed by atoms with van der Waals surface area (Å²) in [6, 6.07) is 0. The van der Waals surface area contributed by atoms with Crippen LogP contribution in [0.15, 0.2) is 0 Å². The molecule has 0 atom stereocenters. The van der Waals surface area contributed by atoms with Gasteiger partial charge in [-0.15, -0.1) is 0 Å². The largest absolute Gasteiger partial charge is 0.465 e. The van der Waals surface area contributed by atoms with Crippen molar-refractivity contribution in [3.63, 3.8) is 0 Å². The van der Waals surface area contributed by atoms with Gasteiger partial charge in [-0.3, -0.25) is 9.69 Å². The van der Waals surface area contributed by atoms with Gasteiger partial charge < -0.3 is 9.47 Å². The molecule has 0 radical (unpaired) electrons. The second-order valence-electron chi connectivity index (χ2n) is 7.17. The Bertz CT molecular complexity index is 301. The molecule has 0 aliphatic carbocycles. The van der Waals surface area contributed by atoms with E-state index in [1.165, 1.54) is 0 Å². The van der Waals surface area contributed by atoms with Gasteiger partial charge in [-0.2, -0.15) is 0 Å². The number of esters is 1. The molecule has 0 bridgehead atoms. The number of unbranched alkanes of at least 4 members (excludes halogenated alkanes) is 1. The Labute approximate surface area is 123 Å². The molecule has 0 aromatic rings. The van der Waals surface area contributed by atoms with E-state index >= 15 is 0 Å². The third-order valence-corrected chi connectivity index (χ3v) is 4.59. The fourth-order valence-electron chi connectivity index (χ4n) is 1.91. The summed E-state index contributed by atoms with van der Waals surface area (Å²) in [5.74, 6) is -0.0867. The molecule has 1 saturated heterocycles. The monoisotopic (exact) mass is 285 g/mol. The predicted molar refractivity (Wildman–Crippen MR) is 80.7 cm³/mol. The van der Waals surface area contributed by atoms with Crippen molar-refractivity contribution in [2.24, 2.45) is 10.8 Å². The van der Waals surface area contributed by atoms with Gasteiger partial charge in [-0.1, -0.05) is 20.8 Å². The molecule has 0 unspecified atom stereocenters. The molecule has 0 amide bonds. The lowest BCUT2D eigenvalue weighted by atomic mass is 9.69. The van der Waals surface area contributed by atoms with E-state index in [1.54, 1.807) is 0 Å². The van der Waals surface area contributed by atoms with Crippen LogP contribution in [0.1, 0.15) is 47.5 Å². The molecule has 0 aromatic heterocycles. The number of hydrogen-bond acceptors (Lipinski definition) is 4. The molecule has 0 aromatic carbocycles. The van der Waals surface area contributed by atoms with Crippen LogP contribution in [0.5, 0.6) is 0 Å². The van der Waals surface area contributed by atoms with Crippen LogP contribution in [-0.4, -0.2) is 50.3 Å². The summed E-state index contributed by atoms with van der Waals surface area (Å²) < 4.78 is 10.8. The van der Waals surface area contributed by atoms with E-state index in [0.29, 0.717) is 6.61 Å². The zero-order valence-electron chi connectivity index (χ0n) is 13.8. The first-order valence-corrected chi connectivity index (χ1v) is 7.72. The highest BCUT2D eigenvalue weighted by molar-refractivity contribution is 5.76. The normalized spacial score (nSPS) is 18.1. The number of hydrogen-bond donors (Lipinski definition) is 0. The van der Waals surface area contributed by atoms with Crippen LogP contribution >= 0.6 is 0 Å². The van der Waals surface area contributed by atoms with Crippen molar-refractivity contribution in [1.82, 2.24) is 4.90 Å². The van der Waals surface area contributed by atoms with Crippen molar-refractivity contribution in [2.75, 3.05) is 39.5 Å². The summed E-state index contributed by atoms with van der Waals surface area (Å²) in [6.07, 6.45) is 2.01. The fourth-order valence-corrected chi connectivity index (χ4v) is 1.91. The standard InChI is InChI=1S/C16H31NO3/c1-15(2,3)16(4,5)14(18)20-11-7-6-8-17-9-12-19-13-10-17/h6-13H2,1-5H3. The third-order valence-electron chi connectivity index (χ3n) is 4.59. The minimum Gasteiger partial charge on any atom is -0.465 e. The van der Waals surface area contributed by atoms with E-state index in [1.807, 2.05) is 13.8 Å². The summed E-state index contributed by atoms with van der Waals surface area (Å²) >= 11 is 0. The van der Waals surface area contributed by atoms with Crippen molar-refractivity contribution in [3.05, 3.63) is 0 Å². The smallest absolute Gasteiger partial charge is 0.312 e. The number of carbonyl (C=O) groups excluding carboxylic acids is 1. The van der Waals surface area contributed by atoms with Crippen LogP contribution in [0.3, 0.4) is 0 Å². The van der Waals surface area contributed by atoms with Crippen LogP contribution in [0.2, 0.25) is 0 Å². The number of ether oxygens (including phenoxy) is 2. The van der Waals surface area contributed by atoms with E-state index in [9.17, 15) is 4.79 Å². The summed E-state index contributed by atoms with van der Waals surface area (Å²) in [4.78, 5) is 14.5. The first-order chi connectivity index (χ1) is 9.25. The van der Waals surface area contributed by atoms with E-state index in [0.717, 1.165) is 45.7 Å². The summed E-state index contributed by atoms with van der Waals surface area (Å²) in [6.45, 7) is 15.5. The van der Waals surface area contributed by atoms with E-state index in [4.69, 9.17) is 9.47 Å². The molecule has 0 N–H and O–H groups in total. The molecule has 0 spiro atoms. The Morgan fingerprint density at radius 2 is 1.70 bits per heavy atom. The Hall–Kier alpha value is -0.610. The molecule has 1 aliphatic heterocycles. The van der Waals surface area contributed by atoms with Gasteiger partial charge >= 0.3 is 5.97 Å². The number of carbonyl (C=O) groups is 1. The van der Waals surface area contributed by atoms with Gasteiger partial charge in [0.05, 0.1) is 25.2 Å². The van der Waals surface area contributed by atoms with E-state index in [-0.39, 0.29) is 11.4 Å². The number of rotatable bonds is 6. The first-order valence-electron chi connectivity index (χ1n) is 7.72. The summed E-state index contributed by atoms with van der Waals surface area (Å²) in [5.41, 5.74) is -0.533. The SMILES string of the molecule is CC(C)(C)C(C)(C)C(=O)OCCCCN1CCOCC1. The molecule has 1 fully saturated rings. The van der Waals surface area contributed by atoms with Crippen molar-refractivity contribution < 1.29 is 14.3 Å². The van der Waals surface area contributed by atoms with Crippen LogP contribution in [0.4, 0.5) is 0 Å². The molecule has 0 saturated carbocycles. The van der Waals surface area contributed by atoms with Crippen LogP contribution in [0.25, 0.3) is 0 Å². The summed E-state index contributed by atoms with van der Waals surface area (Å²) in [7, 11) is 0. The lowest BCUT2D eigenvalue weighted by molar-refractivity contribution is -0.160. The van der Waals surface area contributed by atoms with E-state index in [2.05, 4.69) is 25.7 Å². The van der Waals surface area contributed by atoms with Gasteiger partial charge in [0.25, 0.3) is 0 Å². The fraction of sp³-hybridized carbons (Fsp3) is 0.938. The van der Waals surface area contributed by atoms with Crippen LogP contribution in [-0.2, 0) is 14.3 Å². The second-order valence-corrected chi connectivity index (χ2v) is 7.17. The average Bonchev–Trinajstić information content (AvgIpc) is 2.38. The maximum atomic E-state index is 12.1. The molecular formula is C16H31NO3. The van der Waals surface area contributed by atoms with Crippen molar-refractivity contribution in [3.8, 4) is 0 Å². The zero-order chi connectivity index (χ0) is 15.2. The third kappa shape index (κ3) is 5.06. The van der Waals surface area contributed by atoms with Crippen molar-refractivity contribution >= 4 is 5.97 Å². The molecular weight excluding hydrogens is 254 g/mol. The first kappa shape index (κ1) is 17.4. The highest BCUT2D eigenvalue weighted by atomic mass is 16.5. The van der Waals surface area contributed by atoms with Gasteiger partial charge in [0.1, 0.15) is 0 Å². The minimum atomic E-state index is -0.447. The zero-order valence-corrected chi connectivity index (χ0v) is 13.8. The lowest BCUT2D eigenvalue weighted by Gasteiger charge is -2.36. The van der Waals surface area contributed by atoms with Crippen molar-refractivity contribution in [2.45, 2.75) is 47.5 Å². The maximum absolute atomic E-state index is 12.1. The van der Waals surface area contributed by atoms with Crippen LogP contribution < -0.4 is 0 Å². The Morgan fingerprint density at radius 1 is 1.10 bits per heavy atom. The maximum Gasteiger partial charge on any atom is 0.312 e. The molecule has 1 rings (SSSR count). The van der Waals surface area contributed by atoms with Gasteiger partial charge in [-0.25, -0.2) is 0 Å². The topological polar surface area (TPSA) is 38.8 Å². The Morgan fingerprint density at radius 3 is 2.25 bits per heavy atom. The highest BCUT2D eigenvalue weighted by Gasteiger charge is 2.41. The highest BCUT2D eigenvalue weighted by Crippen LogP contribution is 2.38. The quantitative estimate of drug-likeness (QED) is 0.555. The molecule has 118 valence electrons. The van der Waals surface area contributed by atoms with Gasteiger partial charge in [0, 0.05) is 13.1 Å². The number of nitrogens with zero attached hydrogens (tertiary/aromatic N) is 1. The molecule has 1 heterocycles. The van der Waals surface area contributed by atoms with Crippen LogP contribution in [0, 0.1) is 10.8 Å².